The predicted molar refractivity (Wildman–Crippen MR) is 154 cm³/mol. The molecule has 2 aromatic rings. The molecule has 2 aromatic carbocycles. The van der Waals surface area contributed by atoms with Gasteiger partial charge in [-0.1, -0.05) is 82.3 Å². The highest BCUT2D eigenvalue weighted by Gasteiger charge is 2.33. The minimum absolute atomic E-state index is 0.0584. The summed E-state index contributed by atoms with van der Waals surface area (Å²) in [5.74, 6) is -0.840. The molecule has 0 spiro atoms. The number of carbonyl (C=O) groups excluding carboxylic acids is 3. The first-order valence-electron chi connectivity index (χ1n) is 13.8. The van der Waals surface area contributed by atoms with Crippen LogP contribution >= 0.6 is 0 Å². The maximum atomic E-state index is 13.5. The van der Waals surface area contributed by atoms with E-state index in [9.17, 15) is 22.8 Å². The van der Waals surface area contributed by atoms with Crippen molar-refractivity contribution >= 4 is 27.8 Å². The smallest absolute Gasteiger partial charge is 0.408 e. The molecule has 218 valence electrons. The largest absolute Gasteiger partial charge is 0.445 e. The SMILES string of the molecule is CC(C)C[C@H](NC(=O)[C@H](CC(C)C)NC(=O)OCc1ccccc1)C(=O)CN1Cc2ccccc2CCS1(=O)=O. The number of rotatable bonds is 12. The Morgan fingerprint density at radius 1 is 0.850 bits per heavy atom. The van der Waals surface area contributed by atoms with E-state index in [4.69, 9.17) is 4.74 Å². The summed E-state index contributed by atoms with van der Waals surface area (Å²) in [6.07, 6.45) is 0.331. The molecule has 0 bridgehead atoms. The van der Waals surface area contributed by atoms with Crippen LogP contribution in [0.15, 0.2) is 54.6 Å². The minimum Gasteiger partial charge on any atom is -0.445 e. The van der Waals surface area contributed by atoms with E-state index >= 15 is 0 Å². The number of carbonyl (C=O) groups is 3. The molecule has 2 amide bonds. The van der Waals surface area contributed by atoms with Crippen molar-refractivity contribution in [3.63, 3.8) is 0 Å². The molecule has 2 N–H and O–H groups in total. The van der Waals surface area contributed by atoms with Crippen LogP contribution in [0, 0.1) is 11.8 Å². The third kappa shape index (κ3) is 9.45. The molecule has 0 fully saturated rings. The average molecular weight is 572 g/mol. The molecule has 3 rings (SSSR count). The molecule has 0 saturated carbocycles. The van der Waals surface area contributed by atoms with Crippen molar-refractivity contribution in [1.82, 2.24) is 14.9 Å². The lowest BCUT2D eigenvalue weighted by molar-refractivity contribution is -0.129. The summed E-state index contributed by atoms with van der Waals surface area (Å²) >= 11 is 0. The predicted octanol–water partition coefficient (Wildman–Crippen LogP) is 3.82. The third-order valence-corrected chi connectivity index (χ3v) is 8.53. The molecule has 0 unspecified atom stereocenters. The van der Waals surface area contributed by atoms with E-state index < -0.39 is 34.1 Å². The number of amides is 2. The van der Waals surface area contributed by atoms with Gasteiger partial charge in [-0.2, -0.15) is 4.31 Å². The van der Waals surface area contributed by atoms with Gasteiger partial charge in [0.25, 0.3) is 0 Å². The molecule has 0 aliphatic carbocycles. The Balaban J connectivity index is 1.70. The lowest BCUT2D eigenvalue weighted by Gasteiger charge is -2.27. The number of aryl methyl sites for hydroxylation is 1. The summed E-state index contributed by atoms with van der Waals surface area (Å²) in [7, 11) is -3.66. The quantitative estimate of drug-likeness (QED) is 0.400. The fraction of sp³-hybridized carbons (Fsp3) is 0.500. The Morgan fingerprint density at radius 3 is 2.10 bits per heavy atom. The van der Waals surface area contributed by atoms with Crippen molar-refractivity contribution < 1.29 is 27.5 Å². The van der Waals surface area contributed by atoms with E-state index in [0.29, 0.717) is 19.3 Å². The van der Waals surface area contributed by atoms with Crippen LogP contribution in [0.1, 0.15) is 57.2 Å². The molecule has 0 saturated heterocycles. The Bertz CT molecular complexity index is 1260. The molecule has 40 heavy (non-hydrogen) atoms. The number of alkyl carbamates (subject to hydrolysis) is 1. The van der Waals surface area contributed by atoms with Crippen molar-refractivity contribution in [2.45, 2.75) is 72.2 Å². The van der Waals surface area contributed by atoms with E-state index in [0.717, 1.165) is 16.7 Å². The van der Waals surface area contributed by atoms with Crippen molar-refractivity contribution in [2.24, 2.45) is 11.8 Å². The fourth-order valence-corrected chi connectivity index (χ4v) is 6.07. The number of nitrogens with zero attached hydrogens (tertiary/aromatic N) is 1. The van der Waals surface area contributed by atoms with Gasteiger partial charge in [0.15, 0.2) is 5.78 Å². The van der Waals surface area contributed by atoms with Crippen LogP contribution in [-0.4, -0.2) is 54.9 Å². The van der Waals surface area contributed by atoms with Gasteiger partial charge < -0.3 is 15.4 Å². The van der Waals surface area contributed by atoms with Gasteiger partial charge in [0, 0.05) is 6.54 Å². The first-order valence-corrected chi connectivity index (χ1v) is 15.4. The normalized spacial score (nSPS) is 16.4. The topological polar surface area (TPSA) is 122 Å². The van der Waals surface area contributed by atoms with Gasteiger partial charge in [0.1, 0.15) is 12.6 Å². The average Bonchev–Trinajstić information content (AvgIpc) is 3.02. The number of fused-ring (bicyclic) bond motifs is 1. The molecule has 1 aliphatic heterocycles. The highest BCUT2D eigenvalue weighted by atomic mass is 32.2. The molecule has 1 aliphatic rings. The number of nitrogens with one attached hydrogen (secondary N) is 2. The Hall–Kier alpha value is -3.24. The fourth-order valence-electron chi connectivity index (χ4n) is 4.67. The molecule has 0 aromatic heterocycles. The van der Waals surface area contributed by atoms with Crippen LogP contribution in [-0.2, 0) is 43.9 Å². The number of Topliss-reactive ketones (excluding diaryl/α,β-unsaturated/α-hetero) is 1. The highest BCUT2D eigenvalue weighted by Crippen LogP contribution is 2.21. The molecule has 9 nitrogen and oxygen atoms in total. The molecule has 2 atom stereocenters. The van der Waals surface area contributed by atoms with Gasteiger partial charge in [-0.25, -0.2) is 13.2 Å². The van der Waals surface area contributed by atoms with Crippen molar-refractivity contribution in [1.29, 1.82) is 0 Å². The van der Waals surface area contributed by atoms with E-state index in [-0.39, 0.29) is 43.1 Å². The van der Waals surface area contributed by atoms with Crippen LogP contribution in [0.4, 0.5) is 4.79 Å². The van der Waals surface area contributed by atoms with Crippen LogP contribution < -0.4 is 10.6 Å². The van der Waals surface area contributed by atoms with Crippen LogP contribution in [0.3, 0.4) is 0 Å². The summed E-state index contributed by atoms with van der Waals surface area (Å²) in [4.78, 5) is 39.4. The van der Waals surface area contributed by atoms with Crippen LogP contribution in [0.25, 0.3) is 0 Å². The lowest BCUT2D eigenvalue weighted by atomic mass is 9.98. The summed E-state index contributed by atoms with van der Waals surface area (Å²) in [5, 5.41) is 5.44. The first kappa shape index (κ1) is 31.3. The van der Waals surface area contributed by atoms with Gasteiger partial charge in [0.05, 0.1) is 18.3 Å². The van der Waals surface area contributed by atoms with Gasteiger partial charge in [-0.15, -0.1) is 0 Å². The zero-order chi connectivity index (χ0) is 29.3. The third-order valence-electron chi connectivity index (χ3n) is 6.76. The standard InChI is InChI=1S/C30H41N3O6S/c1-21(2)16-26(28(34)19-33-18-25-13-9-8-12-24(25)14-15-40(33,37)38)31-29(35)27(17-22(3)4)32-30(36)39-20-23-10-6-5-7-11-23/h5-13,21-22,26-27H,14-20H2,1-4H3,(H,31,35)(H,32,36)/t26-,27-/m0/s1. The summed E-state index contributed by atoms with van der Waals surface area (Å²) in [6, 6.07) is 14.9. The Labute approximate surface area is 237 Å². The van der Waals surface area contributed by atoms with Gasteiger partial charge in [0.2, 0.25) is 15.9 Å². The van der Waals surface area contributed by atoms with Crippen molar-refractivity contribution in [3.8, 4) is 0 Å². The zero-order valence-corrected chi connectivity index (χ0v) is 24.6. The summed E-state index contributed by atoms with van der Waals surface area (Å²) < 4.78 is 32.5. The summed E-state index contributed by atoms with van der Waals surface area (Å²) in [5.41, 5.74) is 2.64. The van der Waals surface area contributed by atoms with Crippen LogP contribution in [0.5, 0.6) is 0 Å². The Kier molecular flexibility index (Phi) is 11.3. The summed E-state index contributed by atoms with van der Waals surface area (Å²) in [6.45, 7) is 7.54. The molecular formula is C30H41N3O6S. The maximum absolute atomic E-state index is 13.5. The number of sulfonamides is 1. The second-order valence-electron chi connectivity index (χ2n) is 11.1. The molecule has 0 radical (unpaired) electrons. The number of hydrogen-bond acceptors (Lipinski definition) is 6. The molecular weight excluding hydrogens is 530 g/mol. The van der Waals surface area contributed by atoms with Crippen molar-refractivity contribution in [2.75, 3.05) is 12.3 Å². The highest BCUT2D eigenvalue weighted by molar-refractivity contribution is 7.89. The monoisotopic (exact) mass is 571 g/mol. The number of ether oxygens (including phenoxy) is 1. The van der Waals surface area contributed by atoms with E-state index in [2.05, 4.69) is 10.6 Å². The zero-order valence-electron chi connectivity index (χ0n) is 23.8. The van der Waals surface area contributed by atoms with Gasteiger partial charge in [-0.3, -0.25) is 9.59 Å². The van der Waals surface area contributed by atoms with E-state index in [1.165, 1.54) is 4.31 Å². The van der Waals surface area contributed by atoms with E-state index in [1.54, 1.807) is 0 Å². The lowest BCUT2D eigenvalue weighted by Crippen LogP contribution is -2.54. The van der Waals surface area contributed by atoms with E-state index in [1.807, 2.05) is 82.3 Å². The second-order valence-corrected chi connectivity index (χ2v) is 13.2. The van der Waals surface area contributed by atoms with Gasteiger partial charge in [-0.05, 0) is 47.8 Å². The maximum Gasteiger partial charge on any atom is 0.408 e. The first-order chi connectivity index (χ1) is 18.9. The second kappa shape index (κ2) is 14.4. The number of hydrogen-bond donors (Lipinski definition) is 2. The minimum atomic E-state index is -3.66. The molecule has 1 heterocycles. The number of benzene rings is 2. The van der Waals surface area contributed by atoms with Crippen molar-refractivity contribution in [3.05, 3.63) is 71.3 Å². The Morgan fingerprint density at radius 2 is 1.45 bits per heavy atom. The van der Waals surface area contributed by atoms with Crippen LogP contribution in [0.2, 0.25) is 0 Å². The number of ketones is 1. The van der Waals surface area contributed by atoms with Gasteiger partial charge >= 0.3 is 6.09 Å². The molecule has 10 heteroatoms.